The standard InChI is InChI=1S/C10H14N4O2/c1-12-5-3-4-8(12)6-9-10(14(15)16)7-11-13(9)2/h6-7H,3-5H2,1-2H3/b8-6-. The third-order valence-corrected chi connectivity index (χ3v) is 2.88. The highest BCUT2D eigenvalue weighted by Gasteiger charge is 2.20. The molecule has 0 aromatic carbocycles. The van der Waals surface area contributed by atoms with Crippen LogP contribution in [0.15, 0.2) is 11.9 Å². The fourth-order valence-corrected chi connectivity index (χ4v) is 1.92. The molecule has 1 fully saturated rings. The van der Waals surface area contributed by atoms with Crippen LogP contribution in [0.5, 0.6) is 0 Å². The van der Waals surface area contributed by atoms with E-state index in [4.69, 9.17) is 0 Å². The van der Waals surface area contributed by atoms with Crippen molar-refractivity contribution < 1.29 is 4.92 Å². The monoisotopic (exact) mass is 222 g/mol. The predicted molar refractivity (Wildman–Crippen MR) is 59.7 cm³/mol. The molecule has 1 saturated heterocycles. The number of allylic oxidation sites excluding steroid dienone is 1. The van der Waals surface area contributed by atoms with Crippen LogP contribution in [0.4, 0.5) is 5.69 Å². The zero-order valence-electron chi connectivity index (χ0n) is 9.38. The van der Waals surface area contributed by atoms with E-state index in [0.717, 1.165) is 25.1 Å². The quantitative estimate of drug-likeness (QED) is 0.560. The highest BCUT2D eigenvalue weighted by atomic mass is 16.6. The van der Waals surface area contributed by atoms with Crippen molar-refractivity contribution in [1.29, 1.82) is 0 Å². The molecule has 1 aliphatic heterocycles. The van der Waals surface area contributed by atoms with E-state index in [1.54, 1.807) is 7.05 Å². The van der Waals surface area contributed by atoms with Crippen LogP contribution >= 0.6 is 0 Å². The predicted octanol–water partition coefficient (Wildman–Crippen LogP) is 1.39. The van der Waals surface area contributed by atoms with Crippen molar-refractivity contribution in [1.82, 2.24) is 14.7 Å². The lowest BCUT2D eigenvalue weighted by Gasteiger charge is -2.12. The van der Waals surface area contributed by atoms with Crippen LogP contribution in [0, 0.1) is 10.1 Å². The van der Waals surface area contributed by atoms with Gasteiger partial charge < -0.3 is 4.90 Å². The zero-order chi connectivity index (χ0) is 11.7. The fourth-order valence-electron chi connectivity index (χ4n) is 1.92. The van der Waals surface area contributed by atoms with Crippen molar-refractivity contribution in [2.75, 3.05) is 13.6 Å². The highest BCUT2D eigenvalue weighted by molar-refractivity contribution is 5.59. The third-order valence-electron chi connectivity index (χ3n) is 2.88. The number of hydrogen-bond donors (Lipinski definition) is 0. The Morgan fingerprint density at radius 3 is 2.88 bits per heavy atom. The largest absolute Gasteiger partial charge is 0.378 e. The Balaban J connectivity index is 2.40. The van der Waals surface area contributed by atoms with Crippen LogP contribution < -0.4 is 0 Å². The van der Waals surface area contributed by atoms with E-state index in [-0.39, 0.29) is 5.69 Å². The van der Waals surface area contributed by atoms with Gasteiger partial charge in [0.05, 0.1) is 4.92 Å². The third kappa shape index (κ3) is 1.78. The Bertz CT molecular complexity index is 450. The van der Waals surface area contributed by atoms with Gasteiger partial charge in [-0.1, -0.05) is 0 Å². The second kappa shape index (κ2) is 3.96. The Morgan fingerprint density at radius 2 is 2.31 bits per heavy atom. The van der Waals surface area contributed by atoms with Gasteiger partial charge in [-0.15, -0.1) is 0 Å². The van der Waals surface area contributed by atoms with Gasteiger partial charge in [-0.2, -0.15) is 5.10 Å². The molecule has 2 rings (SSSR count). The molecule has 0 spiro atoms. The molecule has 0 atom stereocenters. The maximum Gasteiger partial charge on any atom is 0.314 e. The van der Waals surface area contributed by atoms with Gasteiger partial charge in [-0.05, 0) is 18.9 Å². The molecule has 0 saturated carbocycles. The summed E-state index contributed by atoms with van der Waals surface area (Å²) in [5, 5.41) is 14.7. The van der Waals surface area contributed by atoms with E-state index in [0.29, 0.717) is 5.69 Å². The van der Waals surface area contributed by atoms with E-state index in [9.17, 15) is 10.1 Å². The molecule has 0 radical (unpaired) electrons. The summed E-state index contributed by atoms with van der Waals surface area (Å²) in [5.74, 6) is 0. The molecular weight excluding hydrogens is 208 g/mol. The molecule has 0 bridgehead atoms. The number of rotatable bonds is 2. The van der Waals surface area contributed by atoms with E-state index >= 15 is 0 Å². The number of hydrogen-bond acceptors (Lipinski definition) is 4. The smallest absolute Gasteiger partial charge is 0.314 e. The Labute approximate surface area is 93.3 Å². The van der Waals surface area contributed by atoms with Crippen molar-refractivity contribution in [3.8, 4) is 0 Å². The summed E-state index contributed by atoms with van der Waals surface area (Å²) in [4.78, 5) is 12.5. The van der Waals surface area contributed by atoms with Gasteiger partial charge in [0.1, 0.15) is 11.9 Å². The molecule has 0 amide bonds. The first kappa shape index (κ1) is 10.7. The average molecular weight is 222 g/mol. The first-order chi connectivity index (χ1) is 7.59. The molecule has 0 N–H and O–H groups in total. The minimum absolute atomic E-state index is 0.0651. The topological polar surface area (TPSA) is 64.2 Å². The molecule has 6 nitrogen and oxygen atoms in total. The Hall–Kier alpha value is -1.85. The van der Waals surface area contributed by atoms with E-state index in [2.05, 4.69) is 10.00 Å². The first-order valence-electron chi connectivity index (χ1n) is 5.17. The Morgan fingerprint density at radius 1 is 1.56 bits per heavy atom. The number of aryl methyl sites for hydroxylation is 1. The molecule has 86 valence electrons. The van der Waals surface area contributed by atoms with E-state index in [1.165, 1.54) is 10.9 Å². The van der Waals surface area contributed by atoms with Gasteiger partial charge in [0.15, 0.2) is 0 Å². The molecule has 0 unspecified atom stereocenters. The summed E-state index contributed by atoms with van der Waals surface area (Å²) >= 11 is 0. The van der Waals surface area contributed by atoms with Crippen LogP contribution in [-0.2, 0) is 7.05 Å². The van der Waals surface area contributed by atoms with E-state index in [1.807, 2.05) is 13.1 Å². The second-order valence-corrected chi connectivity index (χ2v) is 3.96. The van der Waals surface area contributed by atoms with Gasteiger partial charge in [-0.3, -0.25) is 14.8 Å². The highest BCUT2D eigenvalue weighted by Crippen LogP contribution is 2.25. The van der Waals surface area contributed by atoms with Gasteiger partial charge >= 0.3 is 5.69 Å². The zero-order valence-corrected chi connectivity index (χ0v) is 9.38. The Kier molecular flexibility index (Phi) is 2.64. The molecule has 0 aliphatic carbocycles. The van der Waals surface area contributed by atoms with Crippen molar-refractivity contribution in [2.45, 2.75) is 12.8 Å². The average Bonchev–Trinajstić information content (AvgIpc) is 2.76. The molecular formula is C10H14N4O2. The summed E-state index contributed by atoms with van der Waals surface area (Å²) in [6, 6.07) is 0. The molecule has 6 heteroatoms. The fraction of sp³-hybridized carbons (Fsp3) is 0.500. The van der Waals surface area contributed by atoms with Crippen molar-refractivity contribution in [3.05, 3.63) is 27.7 Å². The minimum Gasteiger partial charge on any atom is -0.378 e. The molecule has 2 heterocycles. The van der Waals surface area contributed by atoms with Gasteiger partial charge in [-0.25, -0.2) is 0 Å². The lowest BCUT2D eigenvalue weighted by atomic mass is 10.2. The van der Waals surface area contributed by atoms with Crippen molar-refractivity contribution in [2.24, 2.45) is 7.05 Å². The number of likely N-dealkylation sites (tertiary alicyclic amines) is 1. The van der Waals surface area contributed by atoms with Gasteiger partial charge in [0.2, 0.25) is 0 Å². The maximum absolute atomic E-state index is 10.8. The van der Waals surface area contributed by atoms with Crippen molar-refractivity contribution >= 4 is 11.8 Å². The number of aromatic nitrogens is 2. The minimum atomic E-state index is -0.394. The molecule has 16 heavy (non-hydrogen) atoms. The lowest BCUT2D eigenvalue weighted by Crippen LogP contribution is -2.10. The molecule has 1 aromatic rings. The normalized spacial score (nSPS) is 18.4. The summed E-state index contributed by atoms with van der Waals surface area (Å²) in [5.41, 5.74) is 1.76. The van der Waals surface area contributed by atoms with Crippen LogP contribution in [0.25, 0.3) is 6.08 Å². The molecule has 1 aromatic heterocycles. The lowest BCUT2D eigenvalue weighted by molar-refractivity contribution is -0.385. The number of nitro groups is 1. The number of nitrogens with zero attached hydrogens (tertiary/aromatic N) is 4. The summed E-state index contributed by atoms with van der Waals surface area (Å²) in [7, 11) is 3.72. The van der Waals surface area contributed by atoms with Crippen LogP contribution in [0.2, 0.25) is 0 Å². The maximum atomic E-state index is 10.8. The summed E-state index contributed by atoms with van der Waals surface area (Å²) in [6.45, 7) is 1.01. The second-order valence-electron chi connectivity index (χ2n) is 3.96. The van der Waals surface area contributed by atoms with Crippen LogP contribution in [0.1, 0.15) is 18.5 Å². The summed E-state index contributed by atoms with van der Waals surface area (Å²) < 4.78 is 1.54. The first-order valence-corrected chi connectivity index (χ1v) is 5.17. The SMILES string of the molecule is CN1CCC/C1=C/c1c([N+](=O)[O-])cnn1C. The van der Waals surface area contributed by atoms with Gasteiger partial charge in [0, 0.05) is 26.3 Å². The summed E-state index contributed by atoms with van der Waals surface area (Å²) in [6.07, 6.45) is 5.23. The van der Waals surface area contributed by atoms with E-state index < -0.39 is 4.92 Å². The molecule has 1 aliphatic rings. The van der Waals surface area contributed by atoms with Gasteiger partial charge in [0.25, 0.3) is 0 Å². The van der Waals surface area contributed by atoms with Crippen LogP contribution in [0.3, 0.4) is 0 Å². The van der Waals surface area contributed by atoms with Crippen molar-refractivity contribution in [3.63, 3.8) is 0 Å². The van der Waals surface area contributed by atoms with Crippen LogP contribution in [-0.4, -0.2) is 33.2 Å².